The van der Waals surface area contributed by atoms with Crippen LogP contribution in [0.15, 0.2) is 24.3 Å². The van der Waals surface area contributed by atoms with Gasteiger partial charge in [0.15, 0.2) is 5.78 Å². The Morgan fingerprint density at radius 2 is 2.05 bits per heavy atom. The third-order valence-electron chi connectivity index (χ3n) is 3.49. The standard InChI is InChI=1S/C15H17F3O2/c16-15(17,18)13-8-2-1-7-12(13)14(19)9-3-5-11-6-4-10-20-11/h1-2,7-8,11H,3-6,9-10H2. The SMILES string of the molecule is O=C(CCCC1CCCO1)c1ccccc1C(F)(F)F. The second-order valence-electron chi connectivity index (χ2n) is 4.99. The molecule has 1 aliphatic rings. The Kier molecular flexibility index (Phi) is 4.81. The minimum absolute atomic E-state index is 0.132. The molecule has 0 radical (unpaired) electrons. The highest BCUT2D eigenvalue weighted by Gasteiger charge is 2.34. The third-order valence-corrected chi connectivity index (χ3v) is 3.49. The zero-order chi connectivity index (χ0) is 14.6. The molecule has 1 aliphatic heterocycles. The number of ether oxygens (including phenoxy) is 1. The van der Waals surface area contributed by atoms with E-state index in [4.69, 9.17) is 4.74 Å². The van der Waals surface area contributed by atoms with Crippen molar-refractivity contribution in [3.05, 3.63) is 35.4 Å². The minimum atomic E-state index is -4.49. The first-order valence-corrected chi connectivity index (χ1v) is 6.79. The van der Waals surface area contributed by atoms with Crippen molar-refractivity contribution in [3.63, 3.8) is 0 Å². The largest absolute Gasteiger partial charge is 0.417 e. The molecule has 1 saturated heterocycles. The first-order valence-electron chi connectivity index (χ1n) is 6.79. The van der Waals surface area contributed by atoms with Crippen LogP contribution in [0.3, 0.4) is 0 Å². The van der Waals surface area contributed by atoms with Crippen molar-refractivity contribution in [1.82, 2.24) is 0 Å². The van der Waals surface area contributed by atoms with Crippen LogP contribution < -0.4 is 0 Å². The van der Waals surface area contributed by atoms with Gasteiger partial charge in [0.2, 0.25) is 0 Å². The van der Waals surface area contributed by atoms with Crippen LogP contribution in [0.25, 0.3) is 0 Å². The van der Waals surface area contributed by atoms with Gasteiger partial charge in [-0.3, -0.25) is 4.79 Å². The van der Waals surface area contributed by atoms with Crippen LogP contribution in [0, 0.1) is 0 Å². The highest BCUT2D eigenvalue weighted by Crippen LogP contribution is 2.32. The first-order chi connectivity index (χ1) is 9.48. The molecule has 110 valence electrons. The minimum Gasteiger partial charge on any atom is -0.378 e. The number of hydrogen-bond donors (Lipinski definition) is 0. The monoisotopic (exact) mass is 286 g/mol. The summed E-state index contributed by atoms with van der Waals surface area (Å²) in [6.45, 7) is 0.746. The fraction of sp³-hybridized carbons (Fsp3) is 0.533. The summed E-state index contributed by atoms with van der Waals surface area (Å²) in [6, 6.07) is 4.96. The third kappa shape index (κ3) is 3.82. The number of carbonyl (C=O) groups is 1. The molecular weight excluding hydrogens is 269 g/mol. The van der Waals surface area contributed by atoms with Crippen molar-refractivity contribution in [2.24, 2.45) is 0 Å². The molecule has 2 rings (SSSR count). The van der Waals surface area contributed by atoms with E-state index in [9.17, 15) is 18.0 Å². The van der Waals surface area contributed by atoms with Crippen molar-refractivity contribution in [3.8, 4) is 0 Å². The van der Waals surface area contributed by atoms with Crippen LogP contribution in [0.5, 0.6) is 0 Å². The second kappa shape index (κ2) is 6.39. The number of hydrogen-bond acceptors (Lipinski definition) is 2. The maximum atomic E-state index is 12.8. The zero-order valence-corrected chi connectivity index (χ0v) is 11.1. The van der Waals surface area contributed by atoms with Crippen molar-refractivity contribution in [1.29, 1.82) is 0 Å². The molecule has 0 aromatic heterocycles. The highest BCUT2D eigenvalue weighted by molar-refractivity contribution is 5.97. The van der Waals surface area contributed by atoms with E-state index in [2.05, 4.69) is 0 Å². The predicted molar refractivity (Wildman–Crippen MR) is 68.6 cm³/mol. The molecule has 0 N–H and O–H groups in total. The Labute approximate surface area is 115 Å². The molecule has 1 aromatic carbocycles. The van der Waals surface area contributed by atoms with Crippen LogP contribution >= 0.6 is 0 Å². The van der Waals surface area contributed by atoms with Gasteiger partial charge >= 0.3 is 6.18 Å². The van der Waals surface area contributed by atoms with Crippen molar-refractivity contribution in [2.45, 2.75) is 44.4 Å². The van der Waals surface area contributed by atoms with E-state index in [1.165, 1.54) is 18.2 Å². The highest BCUT2D eigenvalue weighted by atomic mass is 19.4. The molecule has 1 atom stereocenters. The summed E-state index contributed by atoms with van der Waals surface area (Å²) in [5.74, 6) is -0.448. The normalized spacial score (nSPS) is 19.2. The van der Waals surface area contributed by atoms with Gasteiger partial charge in [0.05, 0.1) is 11.7 Å². The van der Waals surface area contributed by atoms with Crippen LogP contribution in [-0.2, 0) is 10.9 Å². The lowest BCUT2D eigenvalue weighted by Crippen LogP contribution is -2.13. The average Bonchev–Trinajstić information content (AvgIpc) is 2.91. The number of alkyl halides is 3. The summed E-state index contributed by atoms with van der Waals surface area (Å²) in [5, 5.41) is 0. The number of ketones is 1. The summed E-state index contributed by atoms with van der Waals surface area (Å²) in [5.41, 5.74) is -1.07. The topological polar surface area (TPSA) is 26.3 Å². The number of rotatable bonds is 5. The number of benzene rings is 1. The van der Waals surface area contributed by atoms with Gasteiger partial charge in [-0.25, -0.2) is 0 Å². The molecule has 1 aromatic rings. The van der Waals surface area contributed by atoms with E-state index >= 15 is 0 Å². The van der Waals surface area contributed by atoms with E-state index in [0.717, 1.165) is 31.9 Å². The number of halogens is 3. The predicted octanol–water partition coefficient (Wildman–Crippen LogP) is 4.24. The summed E-state index contributed by atoms with van der Waals surface area (Å²) in [4.78, 5) is 11.9. The van der Waals surface area contributed by atoms with E-state index in [0.29, 0.717) is 6.42 Å². The Hall–Kier alpha value is -1.36. The average molecular weight is 286 g/mol. The van der Waals surface area contributed by atoms with E-state index < -0.39 is 17.5 Å². The van der Waals surface area contributed by atoms with Gasteiger partial charge in [-0.2, -0.15) is 13.2 Å². The fourth-order valence-corrected chi connectivity index (χ4v) is 2.47. The molecule has 20 heavy (non-hydrogen) atoms. The Morgan fingerprint density at radius 1 is 1.30 bits per heavy atom. The van der Waals surface area contributed by atoms with Crippen LogP contribution in [0.1, 0.15) is 48.0 Å². The van der Waals surface area contributed by atoms with Gasteiger partial charge in [0.25, 0.3) is 0 Å². The van der Waals surface area contributed by atoms with Crippen LogP contribution in [-0.4, -0.2) is 18.5 Å². The van der Waals surface area contributed by atoms with Gasteiger partial charge in [0.1, 0.15) is 0 Å². The molecule has 1 heterocycles. The number of Topliss-reactive ketones (excluding diaryl/α,β-unsaturated/α-hetero) is 1. The zero-order valence-electron chi connectivity index (χ0n) is 11.1. The lowest BCUT2D eigenvalue weighted by molar-refractivity contribution is -0.137. The van der Waals surface area contributed by atoms with Crippen molar-refractivity contribution in [2.75, 3.05) is 6.61 Å². The second-order valence-corrected chi connectivity index (χ2v) is 4.99. The first kappa shape index (κ1) is 15.0. The Balaban J connectivity index is 1.95. The Morgan fingerprint density at radius 3 is 2.70 bits per heavy atom. The summed E-state index contributed by atoms with van der Waals surface area (Å²) in [6.07, 6.45) is -0.882. The van der Waals surface area contributed by atoms with Crippen LogP contribution in [0.4, 0.5) is 13.2 Å². The molecule has 5 heteroatoms. The molecule has 2 nitrogen and oxygen atoms in total. The lowest BCUT2D eigenvalue weighted by atomic mass is 9.98. The van der Waals surface area contributed by atoms with Gasteiger partial charge in [-0.1, -0.05) is 18.2 Å². The fourth-order valence-electron chi connectivity index (χ4n) is 2.47. The van der Waals surface area contributed by atoms with Crippen LogP contribution in [0.2, 0.25) is 0 Å². The van der Waals surface area contributed by atoms with Gasteiger partial charge in [-0.15, -0.1) is 0 Å². The maximum Gasteiger partial charge on any atom is 0.417 e. The number of carbonyl (C=O) groups excluding carboxylic acids is 1. The van der Waals surface area contributed by atoms with Gasteiger partial charge in [0, 0.05) is 18.6 Å². The van der Waals surface area contributed by atoms with Crippen molar-refractivity contribution < 1.29 is 22.7 Å². The maximum absolute atomic E-state index is 12.8. The van der Waals surface area contributed by atoms with E-state index in [1.54, 1.807) is 0 Å². The summed E-state index contributed by atoms with van der Waals surface area (Å²) in [7, 11) is 0. The molecule has 0 amide bonds. The summed E-state index contributed by atoms with van der Waals surface area (Å²) >= 11 is 0. The smallest absolute Gasteiger partial charge is 0.378 e. The molecular formula is C15H17F3O2. The molecule has 0 aliphatic carbocycles. The Bertz CT molecular complexity index is 462. The molecule has 0 saturated carbocycles. The van der Waals surface area contributed by atoms with Gasteiger partial charge in [-0.05, 0) is 31.7 Å². The molecule has 0 bridgehead atoms. The molecule has 1 fully saturated rings. The van der Waals surface area contributed by atoms with E-state index in [1.807, 2.05) is 0 Å². The molecule has 1 unspecified atom stereocenters. The lowest BCUT2D eigenvalue weighted by Gasteiger charge is -2.12. The molecule has 0 spiro atoms. The summed E-state index contributed by atoms with van der Waals surface area (Å²) < 4.78 is 43.8. The van der Waals surface area contributed by atoms with Crippen molar-refractivity contribution >= 4 is 5.78 Å². The quantitative estimate of drug-likeness (QED) is 0.757. The van der Waals surface area contributed by atoms with E-state index in [-0.39, 0.29) is 18.1 Å². The van der Waals surface area contributed by atoms with Gasteiger partial charge < -0.3 is 4.74 Å².